The molecular weight excluding hydrogens is 334 g/mol. The summed E-state index contributed by atoms with van der Waals surface area (Å²) in [5.74, 6) is 0.333. The molecule has 0 radical (unpaired) electrons. The third kappa shape index (κ3) is 4.28. The largest absolute Gasteiger partial charge is 0.329 e. The third-order valence-electron chi connectivity index (χ3n) is 2.74. The number of rotatable bonds is 5. The lowest BCUT2D eigenvalue weighted by Gasteiger charge is -2.04. The van der Waals surface area contributed by atoms with Crippen LogP contribution in [-0.4, -0.2) is 27.0 Å². The lowest BCUT2D eigenvalue weighted by Crippen LogP contribution is -2.07. The van der Waals surface area contributed by atoms with Crippen LogP contribution in [0.15, 0.2) is 41.2 Å². The number of hydrogen-bond acceptors (Lipinski definition) is 7. The Labute approximate surface area is 142 Å². The highest BCUT2D eigenvalue weighted by Crippen LogP contribution is 2.18. The maximum Gasteiger partial charge on any atom is 0.231 e. The van der Waals surface area contributed by atoms with Crippen molar-refractivity contribution in [1.29, 1.82) is 5.26 Å². The summed E-state index contributed by atoms with van der Waals surface area (Å²) in [6.07, 6.45) is 3.11. The fourth-order valence-electron chi connectivity index (χ4n) is 1.69. The van der Waals surface area contributed by atoms with Gasteiger partial charge in [-0.1, -0.05) is 35.5 Å². The first-order valence-electron chi connectivity index (χ1n) is 6.48. The number of anilines is 1. The van der Waals surface area contributed by atoms with Gasteiger partial charge in [0, 0.05) is 11.8 Å². The van der Waals surface area contributed by atoms with Gasteiger partial charge in [0.2, 0.25) is 11.7 Å². The molecular formula is C15H12ClN5OS. The highest BCUT2D eigenvalue weighted by Gasteiger charge is 2.15. The zero-order valence-electron chi connectivity index (χ0n) is 12.4. The van der Waals surface area contributed by atoms with E-state index in [4.69, 9.17) is 11.6 Å². The lowest BCUT2D eigenvalue weighted by molar-refractivity contribution is 0.103. The minimum Gasteiger partial charge on any atom is -0.329 e. The van der Waals surface area contributed by atoms with Gasteiger partial charge in [0.15, 0.2) is 5.16 Å². The molecule has 116 valence electrons. The first kappa shape index (κ1) is 16.9. The number of nitrogens with one attached hydrogen (secondary N) is 1. The molecule has 0 saturated heterocycles. The van der Waals surface area contributed by atoms with Gasteiger partial charge in [-0.2, -0.15) is 15.2 Å². The second-order valence-electron chi connectivity index (χ2n) is 4.32. The second kappa shape index (κ2) is 7.72. The molecule has 1 N–H and O–H groups in total. The zero-order chi connectivity index (χ0) is 16.8. The van der Waals surface area contributed by atoms with Gasteiger partial charge < -0.3 is 5.32 Å². The van der Waals surface area contributed by atoms with Crippen molar-refractivity contribution in [2.24, 2.45) is 0 Å². The molecule has 0 atom stereocenters. The lowest BCUT2D eigenvalue weighted by atomic mass is 10.1. The van der Waals surface area contributed by atoms with Crippen LogP contribution in [0.1, 0.15) is 16.2 Å². The number of carbonyl (C=O) groups excluding carboxylic acids is 1. The highest BCUT2D eigenvalue weighted by molar-refractivity contribution is 7.98. The number of benzene rings is 1. The molecule has 0 bridgehead atoms. The number of hydrogen-bond donors (Lipinski definition) is 1. The Morgan fingerprint density at radius 1 is 1.35 bits per heavy atom. The van der Waals surface area contributed by atoms with Crippen LogP contribution >= 0.6 is 23.4 Å². The van der Waals surface area contributed by atoms with Crippen LogP contribution in [0.2, 0.25) is 5.02 Å². The van der Waals surface area contributed by atoms with Crippen molar-refractivity contribution in [3.05, 3.63) is 52.4 Å². The molecule has 2 rings (SSSR count). The van der Waals surface area contributed by atoms with Crippen molar-refractivity contribution < 1.29 is 4.79 Å². The molecule has 1 heterocycles. The van der Waals surface area contributed by atoms with E-state index in [1.807, 2.05) is 12.3 Å². The Morgan fingerprint density at radius 3 is 2.74 bits per heavy atom. The van der Waals surface area contributed by atoms with Gasteiger partial charge in [-0.15, -0.1) is 0 Å². The van der Waals surface area contributed by atoms with Crippen LogP contribution in [0, 0.1) is 18.3 Å². The van der Waals surface area contributed by atoms with Crippen molar-refractivity contribution in [3.8, 4) is 6.07 Å². The predicted octanol–water partition coefficient (Wildman–Crippen LogP) is 3.26. The second-order valence-corrected chi connectivity index (χ2v) is 5.50. The minimum atomic E-state index is -0.471. The fraction of sp³-hybridized carbons (Fsp3) is 0.133. The van der Waals surface area contributed by atoms with Crippen LogP contribution < -0.4 is 5.32 Å². The van der Waals surface area contributed by atoms with Gasteiger partial charge in [-0.05, 0) is 25.3 Å². The molecule has 0 saturated carbocycles. The van der Waals surface area contributed by atoms with E-state index >= 15 is 0 Å². The normalized spacial score (nSPS) is 11.0. The highest BCUT2D eigenvalue weighted by atomic mass is 35.5. The smallest absolute Gasteiger partial charge is 0.231 e. The fourth-order valence-corrected chi connectivity index (χ4v) is 2.31. The number of allylic oxidation sites excluding steroid dienone is 1. The number of aromatic nitrogens is 3. The van der Waals surface area contributed by atoms with E-state index in [2.05, 4.69) is 20.3 Å². The van der Waals surface area contributed by atoms with E-state index in [0.29, 0.717) is 16.0 Å². The van der Waals surface area contributed by atoms with E-state index in [9.17, 15) is 10.1 Å². The Balaban J connectivity index is 2.26. The number of nitrogens with zero attached hydrogens (tertiary/aromatic N) is 4. The molecule has 0 spiro atoms. The van der Waals surface area contributed by atoms with E-state index < -0.39 is 5.78 Å². The summed E-state index contributed by atoms with van der Waals surface area (Å²) >= 11 is 7.35. The van der Waals surface area contributed by atoms with Crippen molar-refractivity contribution in [3.63, 3.8) is 0 Å². The summed E-state index contributed by atoms with van der Waals surface area (Å²) in [4.78, 5) is 24.7. The predicted molar refractivity (Wildman–Crippen MR) is 89.4 cm³/mol. The molecule has 1 aromatic heterocycles. The van der Waals surface area contributed by atoms with E-state index in [1.165, 1.54) is 18.0 Å². The molecule has 0 unspecified atom stereocenters. The summed E-state index contributed by atoms with van der Waals surface area (Å²) in [5.41, 5.74) is 0.169. The van der Waals surface area contributed by atoms with Crippen LogP contribution in [0.4, 0.5) is 5.95 Å². The van der Waals surface area contributed by atoms with Crippen molar-refractivity contribution in [2.75, 3.05) is 11.6 Å². The van der Waals surface area contributed by atoms with E-state index in [-0.39, 0.29) is 17.1 Å². The van der Waals surface area contributed by atoms with Gasteiger partial charge in [-0.3, -0.25) is 4.79 Å². The van der Waals surface area contributed by atoms with Gasteiger partial charge >= 0.3 is 0 Å². The molecule has 0 fully saturated rings. The van der Waals surface area contributed by atoms with Gasteiger partial charge in [-0.25, -0.2) is 4.98 Å². The quantitative estimate of drug-likeness (QED) is 0.385. The number of thioether (sulfide) groups is 1. The summed E-state index contributed by atoms with van der Waals surface area (Å²) in [7, 11) is 0. The molecule has 23 heavy (non-hydrogen) atoms. The van der Waals surface area contributed by atoms with Crippen molar-refractivity contribution >= 4 is 35.1 Å². The Bertz CT molecular complexity index is 816. The monoisotopic (exact) mass is 345 g/mol. The average Bonchev–Trinajstić information content (AvgIpc) is 2.55. The summed E-state index contributed by atoms with van der Waals surface area (Å²) in [6.45, 7) is 1.73. The maximum absolute atomic E-state index is 12.3. The zero-order valence-corrected chi connectivity index (χ0v) is 13.9. The molecule has 8 heteroatoms. The van der Waals surface area contributed by atoms with Crippen molar-refractivity contribution in [2.45, 2.75) is 12.1 Å². The maximum atomic E-state index is 12.3. The van der Waals surface area contributed by atoms with E-state index in [0.717, 1.165) is 0 Å². The number of halogens is 1. The Hall–Kier alpha value is -2.43. The molecule has 6 nitrogen and oxygen atoms in total. The Kier molecular flexibility index (Phi) is 5.68. The van der Waals surface area contributed by atoms with Crippen molar-refractivity contribution in [1.82, 2.24) is 15.0 Å². The standard InChI is InChI=1S/C15H12ClN5OS/c1-9-19-14(21-15(20-9)23-2)18-8-10(7-17)13(22)11-5-3-4-6-12(11)16/h3-6,8H,1-2H3,(H,18,19,20,21)/b10-8+. The SMILES string of the molecule is CSc1nc(C)nc(N/C=C(\C#N)C(=O)c2ccccc2Cl)n1. The van der Waals surface area contributed by atoms with Gasteiger partial charge in [0.25, 0.3) is 0 Å². The number of nitriles is 1. The van der Waals surface area contributed by atoms with Gasteiger partial charge in [0.1, 0.15) is 17.5 Å². The third-order valence-corrected chi connectivity index (χ3v) is 3.62. The van der Waals surface area contributed by atoms with Crippen LogP contribution in [-0.2, 0) is 0 Å². The van der Waals surface area contributed by atoms with Crippen LogP contribution in [0.5, 0.6) is 0 Å². The average molecular weight is 346 g/mol. The number of carbonyl (C=O) groups is 1. The minimum absolute atomic E-state index is 0.0955. The molecule has 0 aliphatic carbocycles. The summed E-state index contributed by atoms with van der Waals surface area (Å²) in [5, 5.41) is 12.8. The summed E-state index contributed by atoms with van der Waals surface area (Å²) in [6, 6.07) is 8.41. The summed E-state index contributed by atoms with van der Waals surface area (Å²) < 4.78 is 0. The molecule has 1 aromatic carbocycles. The number of aryl methyl sites for hydroxylation is 1. The van der Waals surface area contributed by atoms with E-state index in [1.54, 1.807) is 31.2 Å². The first-order chi connectivity index (χ1) is 11.0. The number of Topliss-reactive ketones (excluding diaryl/α,β-unsaturated/α-hetero) is 1. The van der Waals surface area contributed by atoms with Crippen LogP contribution in [0.3, 0.4) is 0 Å². The molecule has 0 amide bonds. The van der Waals surface area contributed by atoms with Gasteiger partial charge in [0.05, 0.1) is 5.02 Å². The topological polar surface area (TPSA) is 91.6 Å². The first-order valence-corrected chi connectivity index (χ1v) is 8.08. The number of ketones is 1. The molecule has 0 aliphatic rings. The van der Waals surface area contributed by atoms with Crippen LogP contribution in [0.25, 0.3) is 0 Å². The Morgan fingerprint density at radius 2 is 2.09 bits per heavy atom. The molecule has 2 aromatic rings. The molecule has 0 aliphatic heterocycles.